The van der Waals surface area contributed by atoms with Gasteiger partial charge in [0.15, 0.2) is 0 Å². The van der Waals surface area contributed by atoms with Crippen molar-refractivity contribution in [3.8, 4) is 11.5 Å². The molecule has 3 nitrogen and oxygen atoms in total. The van der Waals surface area contributed by atoms with E-state index in [4.69, 9.17) is 13.6 Å². The Hall–Kier alpha value is -3.61. The molecule has 0 aliphatic heterocycles. The Kier molecular flexibility index (Phi) is 9.30. The van der Waals surface area contributed by atoms with Gasteiger partial charge in [0, 0.05) is 18.1 Å². The lowest BCUT2D eigenvalue weighted by Gasteiger charge is -2.32. The third-order valence-electron chi connectivity index (χ3n) is 6.54. The minimum absolute atomic E-state index is 0.560. The fraction of sp³-hybridized carbons (Fsp3) is 0.118. The zero-order chi connectivity index (χ0) is 26.8. The Labute approximate surface area is 237 Å². The van der Waals surface area contributed by atoms with Gasteiger partial charge in [0.05, 0.1) is 0 Å². The third kappa shape index (κ3) is 7.28. The summed E-state index contributed by atoms with van der Waals surface area (Å²) < 4.78 is 19.8. The summed E-state index contributed by atoms with van der Waals surface area (Å²) in [6.45, 7) is 1.12. The summed E-state index contributed by atoms with van der Waals surface area (Å²) in [6.07, 6.45) is 1.62. The third-order valence-corrected chi connectivity index (χ3v) is 10.2. The van der Waals surface area contributed by atoms with Crippen molar-refractivity contribution in [1.29, 1.82) is 0 Å². The molecule has 5 aromatic carbocycles. The van der Waals surface area contributed by atoms with Crippen molar-refractivity contribution in [2.24, 2.45) is 0 Å². The summed E-state index contributed by atoms with van der Waals surface area (Å²) in [5, 5.41) is 2.14. The normalized spacial score (nSPS) is 11.3. The van der Waals surface area contributed by atoms with Gasteiger partial charge < -0.3 is 13.6 Å². The maximum absolute atomic E-state index is 6.88. The predicted octanol–water partition coefficient (Wildman–Crippen LogP) is 6.84. The summed E-state index contributed by atoms with van der Waals surface area (Å²) in [5.41, 5.74) is 2.49. The van der Waals surface area contributed by atoms with E-state index in [0.29, 0.717) is 13.2 Å². The first-order chi connectivity index (χ1) is 19.2. The van der Waals surface area contributed by atoms with E-state index in [1.54, 1.807) is 0 Å². The Morgan fingerprint density at radius 3 is 1.36 bits per heavy atom. The molecule has 0 radical (unpaired) electrons. The smallest absolute Gasteiger partial charge is 0.407 e. The molecule has 5 heteroatoms. The highest BCUT2D eigenvalue weighted by Crippen LogP contribution is 2.23. The molecule has 196 valence electrons. The molecule has 0 spiro atoms. The molecule has 39 heavy (non-hydrogen) atoms. The first-order valence-corrected chi connectivity index (χ1v) is 15.5. The summed E-state index contributed by atoms with van der Waals surface area (Å²) in [7, 11) is -3.04. The highest BCUT2D eigenvalue weighted by molar-refractivity contribution is 7.80. The molecule has 0 fully saturated rings. The number of ether oxygens (including phenoxy) is 1. The second kappa shape index (κ2) is 13.4. The van der Waals surface area contributed by atoms with Gasteiger partial charge in [-0.2, -0.15) is 0 Å². The lowest BCUT2D eigenvalue weighted by molar-refractivity contribution is 0.195. The number of benzene rings is 5. The molecule has 0 aliphatic carbocycles. The van der Waals surface area contributed by atoms with Crippen LogP contribution in [-0.2, 0) is 21.7 Å². The fourth-order valence-corrected chi connectivity index (χ4v) is 7.75. The molecule has 0 aliphatic rings. The molecule has 5 aromatic rings. The zero-order valence-electron chi connectivity index (χ0n) is 21.8. The zero-order valence-corrected chi connectivity index (χ0v) is 23.7. The Balaban J connectivity index is 1.43. The Morgan fingerprint density at radius 1 is 0.462 bits per heavy atom. The topological polar surface area (TPSA) is 27.7 Å². The number of hydrogen-bond acceptors (Lipinski definition) is 4. The minimum atomic E-state index is -3.04. The van der Waals surface area contributed by atoms with Crippen molar-refractivity contribution in [2.75, 3.05) is 13.2 Å². The molecule has 0 atom stereocenters. The van der Waals surface area contributed by atoms with Gasteiger partial charge in [0.25, 0.3) is 0 Å². The van der Waals surface area contributed by atoms with Gasteiger partial charge in [-0.1, -0.05) is 103 Å². The number of rotatable bonds is 12. The molecule has 0 heterocycles. The summed E-state index contributed by atoms with van der Waals surface area (Å²) in [6, 6.07) is 47.1. The summed E-state index contributed by atoms with van der Waals surface area (Å²) in [4.78, 5) is 0.900. The maximum Gasteiger partial charge on any atom is 0.407 e. The minimum Gasteiger partial charge on any atom is -0.457 e. The lowest BCUT2D eigenvalue weighted by Crippen LogP contribution is -2.63. The number of hydrogen-bond donors (Lipinski definition) is 1. The van der Waals surface area contributed by atoms with Crippen LogP contribution in [0, 0.1) is 0 Å². The number of thiol groups is 1. The standard InChI is InChI=1S/C34H32O3SSi/c38-32-20-16-30(17-21-32)37-31-18-22-34(23-19-31)39(33-14-8-3-9-15-33,35-26-24-28-10-4-1-5-11-28)36-27-25-29-12-6-2-7-13-29/h1-23,38H,24-27H2. The van der Waals surface area contributed by atoms with Gasteiger partial charge in [0.2, 0.25) is 0 Å². The van der Waals surface area contributed by atoms with Crippen LogP contribution in [0.25, 0.3) is 0 Å². The first kappa shape index (κ1) is 27.0. The van der Waals surface area contributed by atoms with Crippen molar-refractivity contribution in [1.82, 2.24) is 0 Å². The highest BCUT2D eigenvalue weighted by atomic mass is 32.1. The van der Waals surface area contributed by atoms with Crippen LogP contribution in [0.1, 0.15) is 11.1 Å². The van der Waals surface area contributed by atoms with Gasteiger partial charge >= 0.3 is 8.56 Å². The molecule has 0 amide bonds. The van der Waals surface area contributed by atoms with E-state index >= 15 is 0 Å². The van der Waals surface area contributed by atoms with Gasteiger partial charge in [-0.15, -0.1) is 12.6 Å². The van der Waals surface area contributed by atoms with Gasteiger partial charge in [0.1, 0.15) is 11.5 Å². The molecule has 0 unspecified atom stereocenters. The lowest BCUT2D eigenvalue weighted by atomic mass is 10.2. The summed E-state index contributed by atoms with van der Waals surface area (Å²) in [5.74, 6) is 1.53. The largest absolute Gasteiger partial charge is 0.457 e. The van der Waals surface area contributed by atoms with Crippen LogP contribution >= 0.6 is 12.6 Å². The van der Waals surface area contributed by atoms with E-state index in [1.165, 1.54) is 11.1 Å². The van der Waals surface area contributed by atoms with Crippen LogP contribution in [0.5, 0.6) is 11.5 Å². The molecule has 0 saturated heterocycles. The second-order valence-corrected chi connectivity index (χ2v) is 12.8. The van der Waals surface area contributed by atoms with Crippen LogP contribution in [-0.4, -0.2) is 21.8 Å². The van der Waals surface area contributed by atoms with E-state index in [9.17, 15) is 0 Å². The van der Waals surface area contributed by atoms with Crippen molar-refractivity contribution in [3.63, 3.8) is 0 Å². The molecular weight excluding hydrogens is 517 g/mol. The van der Waals surface area contributed by atoms with E-state index in [0.717, 1.165) is 39.6 Å². The average molecular weight is 549 g/mol. The predicted molar refractivity (Wildman–Crippen MR) is 164 cm³/mol. The highest BCUT2D eigenvalue weighted by Gasteiger charge is 2.42. The van der Waals surface area contributed by atoms with E-state index < -0.39 is 8.56 Å². The van der Waals surface area contributed by atoms with Crippen molar-refractivity contribution in [3.05, 3.63) is 151 Å². The van der Waals surface area contributed by atoms with Crippen LogP contribution < -0.4 is 15.1 Å². The average Bonchev–Trinajstić information content (AvgIpc) is 2.99. The van der Waals surface area contributed by atoms with Crippen molar-refractivity contribution in [2.45, 2.75) is 17.7 Å². The van der Waals surface area contributed by atoms with Crippen molar-refractivity contribution < 1.29 is 13.6 Å². The molecule has 0 aromatic heterocycles. The molecule has 5 rings (SSSR count). The monoisotopic (exact) mass is 548 g/mol. The second-order valence-electron chi connectivity index (χ2n) is 9.27. The van der Waals surface area contributed by atoms with Crippen LogP contribution in [0.4, 0.5) is 0 Å². The quantitative estimate of drug-likeness (QED) is 0.137. The molecular formula is C34H32O3SSi. The van der Waals surface area contributed by atoms with E-state index in [-0.39, 0.29) is 0 Å². The molecule has 0 bridgehead atoms. The fourth-order valence-electron chi connectivity index (χ4n) is 4.51. The van der Waals surface area contributed by atoms with Crippen LogP contribution in [0.15, 0.2) is 144 Å². The molecule has 0 saturated carbocycles. The van der Waals surface area contributed by atoms with Crippen LogP contribution in [0.3, 0.4) is 0 Å². The maximum atomic E-state index is 6.88. The molecule has 0 N–H and O–H groups in total. The summed E-state index contributed by atoms with van der Waals surface area (Å²) >= 11 is 4.36. The van der Waals surface area contributed by atoms with E-state index in [2.05, 4.69) is 97.6 Å². The SMILES string of the molecule is Sc1ccc(Oc2ccc([Si](OCCc3ccccc3)(OCCc3ccccc3)c3ccccc3)cc2)cc1. The van der Waals surface area contributed by atoms with Crippen LogP contribution in [0.2, 0.25) is 0 Å². The Morgan fingerprint density at radius 2 is 0.872 bits per heavy atom. The van der Waals surface area contributed by atoms with Gasteiger partial charge in [-0.05, 0) is 70.7 Å². The Bertz CT molecular complexity index is 1370. The first-order valence-electron chi connectivity index (χ1n) is 13.2. The van der Waals surface area contributed by atoms with Gasteiger partial charge in [-0.25, -0.2) is 0 Å². The van der Waals surface area contributed by atoms with Gasteiger partial charge in [-0.3, -0.25) is 0 Å². The van der Waals surface area contributed by atoms with Crippen molar-refractivity contribution >= 4 is 31.6 Å². The van der Waals surface area contributed by atoms with E-state index in [1.807, 2.05) is 54.6 Å².